The van der Waals surface area contributed by atoms with Gasteiger partial charge in [0.05, 0.1) is 52.9 Å². The Bertz CT molecular complexity index is 2890. The van der Waals surface area contributed by atoms with Gasteiger partial charge in [0.2, 0.25) is 0 Å². The van der Waals surface area contributed by atoms with Gasteiger partial charge in [0, 0.05) is 51.4 Å². The van der Waals surface area contributed by atoms with Gasteiger partial charge in [-0.25, -0.2) is 0 Å². The van der Waals surface area contributed by atoms with Crippen LogP contribution in [0.2, 0.25) is 0 Å². The third-order valence-corrected chi connectivity index (χ3v) is 17.3. The van der Waals surface area contributed by atoms with Gasteiger partial charge in [-0.3, -0.25) is 0 Å². The van der Waals surface area contributed by atoms with Gasteiger partial charge in [-0.15, -0.1) is 0 Å². The molecule has 4 aliphatic heterocycles. The zero-order valence-electron chi connectivity index (χ0n) is 49.6. The number of hydrogen-bond acceptors (Lipinski definition) is 8. The predicted octanol–water partition coefficient (Wildman–Crippen LogP) is 16.6. The fourth-order valence-corrected chi connectivity index (χ4v) is 13.1. The highest BCUT2D eigenvalue weighted by Crippen LogP contribution is 2.42. The van der Waals surface area contributed by atoms with E-state index in [2.05, 4.69) is 146 Å². The molecule has 2 aliphatic carbocycles. The van der Waals surface area contributed by atoms with E-state index in [0.717, 1.165) is 186 Å². The van der Waals surface area contributed by atoms with Crippen molar-refractivity contribution >= 4 is 0 Å². The number of benzene rings is 9. The largest absolute Gasteiger partial charge is 0.493 e. The zero-order valence-corrected chi connectivity index (χ0v) is 49.6. The van der Waals surface area contributed by atoms with Crippen LogP contribution >= 0.6 is 0 Å². The van der Waals surface area contributed by atoms with Crippen LogP contribution in [0.3, 0.4) is 0 Å². The number of fused-ring (bicyclic) bond motifs is 20. The third-order valence-electron chi connectivity index (χ3n) is 17.3. The quantitative estimate of drug-likeness (QED) is 0.149. The average molecular weight is 1140 g/mol. The maximum Gasteiger partial charge on any atom is 0.126 e. The number of hydrogen-bond donors (Lipinski definition) is 0. The first-order valence-electron chi connectivity index (χ1n) is 31.6. The molecule has 0 fully saturated rings. The molecule has 0 atom stereocenters. The fourth-order valence-electron chi connectivity index (χ4n) is 13.1. The first-order valence-corrected chi connectivity index (χ1v) is 31.6. The summed E-state index contributed by atoms with van der Waals surface area (Å²) in [6.07, 6.45) is 11.6. The van der Waals surface area contributed by atoms with E-state index in [1.54, 1.807) is 0 Å². The van der Waals surface area contributed by atoms with Crippen LogP contribution in [0.5, 0.6) is 46.0 Å². The molecule has 0 unspecified atom stereocenters. The Balaban J connectivity index is 0.00000108. The molecule has 0 spiro atoms. The van der Waals surface area contributed by atoms with Gasteiger partial charge in [-0.2, -0.15) is 0 Å². The molecule has 438 valence electrons. The van der Waals surface area contributed by atoms with Gasteiger partial charge in [0.15, 0.2) is 0 Å². The fraction of sp³-hybridized carbons (Fsp3) is 0.308. The first-order chi connectivity index (χ1) is 42.7. The minimum absolute atomic E-state index is 0.544. The molecular weight excluding hydrogens is 1060 g/mol. The topological polar surface area (TPSA) is 73.8 Å². The van der Waals surface area contributed by atoms with Gasteiger partial charge in [-0.05, 0) is 140 Å². The zero-order chi connectivity index (χ0) is 57.7. The van der Waals surface area contributed by atoms with Crippen molar-refractivity contribution in [2.75, 3.05) is 52.9 Å². The van der Waals surface area contributed by atoms with Crippen LogP contribution in [0.15, 0.2) is 182 Å². The summed E-state index contributed by atoms with van der Waals surface area (Å²) in [5.74, 6) is 7.48. The van der Waals surface area contributed by atoms with Crippen LogP contribution in [0.4, 0.5) is 0 Å². The van der Waals surface area contributed by atoms with E-state index in [9.17, 15) is 0 Å². The molecule has 8 heteroatoms. The molecule has 0 radical (unpaired) electrons. The van der Waals surface area contributed by atoms with Gasteiger partial charge < -0.3 is 37.9 Å². The lowest BCUT2D eigenvalue weighted by molar-refractivity contribution is 0.256. The summed E-state index contributed by atoms with van der Waals surface area (Å²) in [7, 11) is 0. The molecule has 0 N–H and O–H groups in total. The summed E-state index contributed by atoms with van der Waals surface area (Å²) in [5.41, 5.74) is 18.1. The molecule has 0 saturated heterocycles. The van der Waals surface area contributed by atoms with Crippen LogP contribution in [-0.4, -0.2) is 52.9 Å². The molecule has 4 heterocycles. The summed E-state index contributed by atoms with van der Waals surface area (Å²) < 4.78 is 57.0. The molecule has 9 aromatic rings. The first kappa shape index (κ1) is 56.5. The number of rotatable bonds is 0. The minimum atomic E-state index is 0.544. The standard InChI is InChI=1S/C72H72O8.C6H6/c1-2-34-74-66-51-19-10-20-52(66)44-56-24-14-28-60-48-64-32-16-31-63-47-59-27-13-23-55(43-51)69(59)77-37-5-3-35-75-67-53-21-11-25-57(67)45-61-29-15-30-62(71(61)79-39-7-8-40-80-72(63)64)46-58-26-12-22-54(68(58)76-36-4-6-38-78-70(56)60)42-50-18-9-17-49(41-53)65(50)73-33-1;1-2-4-6-5-3-1/h9-32H,1-8,33-48H2;1-6H. The van der Waals surface area contributed by atoms with Crippen molar-refractivity contribution in [1.82, 2.24) is 0 Å². The van der Waals surface area contributed by atoms with Crippen molar-refractivity contribution in [3.8, 4) is 46.0 Å². The molecule has 86 heavy (non-hydrogen) atoms. The second-order valence-corrected chi connectivity index (χ2v) is 23.4. The summed E-state index contributed by atoms with van der Waals surface area (Å²) in [4.78, 5) is 0. The SMILES string of the molecule is c1cc2c3c(c1)Cc1cccc4c1OCCCCOc1c5cccc1Cc1cccc6c1OCCCCOc1c(cccc1C4)Cc1cccc(c1OCCCCOc1c(cccc1C6)Cc1cccc(c1OCCCCO3)C5)C2.c1ccccc1. The Labute approximate surface area is 508 Å². The second-order valence-electron chi connectivity index (χ2n) is 23.4. The van der Waals surface area contributed by atoms with E-state index in [0.29, 0.717) is 104 Å². The molecule has 15 rings (SSSR count). The minimum Gasteiger partial charge on any atom is -0.493 e. The van der Waals surface area contributed by atoms with Crippen LogP contribution in [-0.2, 0) is 51.4 Å². The molecule has 9 aromatic carbocycles. The number of ether oxygens (including phenoxy) is 8. The lowest BCUT2D eigenvalue weighted by Crippen LogP contribution is -2.13. The summed E-state index contributed by atoms with van der Waals surface area (Å²) in [6.45, 7) is 4.35. The Hall–Kier alpha value is -8.62. The van der Waals surface area contributed by atoms with Crippen molar-refractivity contribution in [3.63, 3.8) is 0 Å². The van der Waals surface area contributed by atoms with Crippen LogP contribution in [0.1, 0.15) is 140 Å². The normalized spacial score (nSPS) is 16.0. The second kappa shape index (κ2) is 27.6. The molecule has 8 nitrogen and oxygen atoms in total. The van der Waals surface area contributed by atoms with Crippen LogP contribution in [0, 0.1) is 0 Å². The highest BCUT2D eigenvalue weighted by molar-refractivity contribution is 5.59. The van der Waals surface area contributed by atoms with Gasteiger partial charge >= 0.3 is 0 Å². The highest BCUT2D eigenvalue weighted by Gasteiger charge is 2.25. The monoisotopic (exact) mass is 1140 g/mol. The molecule has 0 aromatic heterocycles. The van der Waals surface area contributed by atoms with E-state index >= 15 is 0 Å². The Morgan fingerprint density at radius 2 is 0.244 bits per heavy atom. The molecule has 0 saturated carbocycles. The highest BCUT2D eigenvalue weighted by atomic mass is 16.5. The van der Waals surface area contributed by atoms with Gasteiger partial charge in [0.25, 0.3) is 0 Å². The summed E-state index contributed by atoms with van der Waals surface area (Å²) in [5, 5.41) is 0. The van der Waals surface area contributed by atoms with Crippen molar-refractivity contribution in [3.05, 3.63) is 271 Å². The van der Waals surface area contributed by atoms with E-state index in [1.165, 1.54) is 0 Å². The lowest BCUT2D eigenvalue weighted by atomic mass is 9.91. The summed E-state index contributed by atoms with van der Waals surface area (Å²) >= 11 is 0. The Morgan fingerprint density at radius 3 is 0.349 bits per heavy atom. The van der Waals surface area contributed by atoms with Gasteiger partial charge in [-0.1, -0.05) is 182 Å². The van der Waals surface area contributed by atoms with E-state index in [1.807, 2.05) is 36.4 Å². The lowest BCUT2D eigenvalue weighted by Gasteiger charge is -2.24. The third kappa shape index (κ3) is 13.3. The Kier molecular flexibility index (Phi) is 18.1. The summed E-state index contributed by atoms with van der Waals surface area (Å²) in [6, 6.07) is 65.4. The molecular formula is C78H78O8. The van der Waals surface area contributed by atoms with Crippen molar-refractivity contribution in [1.29, 1.82) is 0 Å². The predicted molar refractivity (Wildman–Crippen MR) is 341 cm³/mol. The average Bonchev–Trinajstić information content (AvgIpc) is 3.61. The number of para-hydroxylation sites is 8. The smallest absolute Gasteiger partial charge is 0.126 e. The Morgan fingerprint density at radius 1 is 0.140 bits per heavy atom. The van der Waals surface area contributed by atoms with E-state index in [4.69, 9.17) is 37.9 Å². The van der Waals surface area contributed by atoms with E-state index < -0.39 is 0 Å². The molecule has 6 aliphatic rings. The maximum absolute atomic E-state index is 7.13. The van der Waals surface area contributed by atoms with Crippen LogP contribution in [0.25, 0.3) is 0 Å². The van der Waals surface area contributed by atoms with Gasteiger partial charge in [0.1, 0.15) is 46.0 Å². The van der Waals surface area contributed by atoms with Crippen molar-refractivity contribution in [2.24, 2.45) is 0 Å². The van der Waals surface area contributed by atoms with E-state index in [-0.39, 0.29) is 0 Å². The van der Waals surface area contributed by atoms with Crippen molar-refractivity contribution < 1.29 is 37.9 Å². The van der Waals surface area contributed by atoms with Crippen molar-refractivity contribution in [2.45, 2.75) is 103 Å². The molecule has 0 amide bonds. The van der Waals surface area contributed by atoms with Crippen LogP contribution < -0.4 is 37.9 Å². The maximum atomic E-state index is 7.13. The molecule has 24 bridgehead atoms.